The highest BCUT2D eigenvalue weighted by Gasteiger charge is 2.39. The van der Waals surface area contributed by atoms with Gasteiger partial charge in [0.15, 0.2) is 5.82 Å². The molecule has 1 aliphatic rings. The number of hydrogen-bond acceptors (Lipinski definition) is 2. The molecule has 0 aromatic heterocycles. The lowest BCUT2D eigenvalue weighted by molar-refractivity contribution is -0.154. The maximum absolute atomic E-state index is 13.7. The van der Waals surface area contributed by atoms with Crippen molar-refractivity contribution < 1.29 is 40.3 Å². The number of nitrogens with one attached hydrogen (secondary N) is 1. The molecule has 1 N–H and O–H groups in total. The van der Waals surface area contributed by atoms with Crippen molar-refractivity contribution in [2.45, 2.75) is 31.1 Å². The number of carbonyl (C=O) groups excluding carboxylic acids is 2. The third kappa shape index (κ3) is 6.91. The van der Waals surface area contributed by atoms with Crippen molar-refractivity contribution >= 4 is 46.8 Å². The lowest BCUT2D eigenvalue weighted by atomic mass is 9.96. The van der Waals surface area contributed by atoms with Crippen molar-refractivity contribution in [3.05, 3.63) is 69.0 Å². The Balaban J connectivity index is 1.74. The van der Waals surface area contributed by atoms with Crippen molar-refractivity contribution in [3.63, 3.8) is 0 Å². The predicted molar refractivity (Wildman–Crippen MR) is 120 cm³/mol. The second kappa shape index (κ2) is 10.7. The van der Waals surface area contributed by atoms with Crippen LogP contribution in [0.25, 0.3) is 6.08 Å². The molecular weight excluding hydrogens is 540 g/mol. The summed E-state index contributed by atoms with van der Waals surface area (Å²) in [5, 5.41) is 0.833. The highest BCUT2D eigenvalue weighted by atomic mass is 35.5. The van der Waals surface area contributed by atoms with E-state index in [1.54, 1.807) is 6.07 Å². The standard InChI is InChI=1S/C23H17Cl2F7N2O2/c24-16-8-14(9-17(25)21(16)26)15(23(30,31)32)3-1-12-2-4-18-13(7-12)5-6-34(18)20(36)11-33-19(35)10-22(27,28)29/h1-4,7-9,15H,5-6,10-11H2,(H,33,35)/b3-1+. The Kier molecular flexibility index (Phi) is 8.24. The maximum Gasteiger partial charge on any atom is 0.399 e. The number of hydrogen-bond donors (Lipinski definition) is 1. The van der Waals surface area contributed by atoms with Gasteiger partial charge in [-0.15, -0.1) is 0 Å². The molecule has 1 heterocycles. The minimum atomic E-state index is -4.72. The van der Waals surface area contributed by atoms with Crippen molar-refractivity contribution in [2.24, 2.45) is 0 Å². The van der Waals surface area contributed by atoms with Gasteiger partial charge < -0.3 is 10.2 Å². The Morgan fingerprint density at radius 1 is 1.06 bits per heavy atom. The van der Waals surface area contributed by atoms with Gasteiger partial charge in [-0.2, -0.15) is 26.3 Å². The van der Waals surface area contributed by atoms with Crippen LogP contribution in [0.2, 0.25) is 10.0 Å². The lowest BCUT2D eigenvalue weighted by Crippen LogP contribution is -2.40. The van der Waals surface area contributed by atoms with E-state index in [0.717, 1.165) is 18.2 Å². The van der Waals surface area contributed by atoms with Gasteiger partial charge in [-0.1, -0.05) is 41.4 Å². The minimum Gasteiger partial charge on any atom is -0.347 e. The molecule has 0 bridgehead atoms. The average Bonchev–Trinajstić information content (AvgIpc) is 3.17. The molecule has 1 aliphatic heterocycles. The Morgan fingerprint density at radius 3 is 2.28 bits per heavy atom. The van der Waals surface area contributed by atoms with Gasteiger partial charge in [0.1, 0.15) is 6.42 Å². The van der Waals surface area contributed by atoms with Crippen LogP contribution in [0.3, 0.4) is 0 Å². The molecule has 36 heavy (non-hydrogen) atoms. The monoisotopic (exact) mass is 556 g/mol. The molecule has 4 nitrogen and oxygen atoms in total. The van der Waals surface area contributed by atoms with Crippen molar-refractivity contribution in [1.82, 2.24) is 5.32 Å². The number of nitrogens with zero attached hydrogens (tertiary/aromatic N) is 1. The summed E-state index contributed by atoms with van der Waals surface area (Å²) in [6.07, 6.45) is -8.69. The van der Waals surface area contributed by atoms with E-state index in [9.17, 15) is 40.3 Å². The van der Waals surface area contributed by atoms with Crippen LogP contribution in [0.5, 0.6) is 0 Å². The molecule has 1 atom stereocenters. The third-order valence-electron chi connectivity index (χ3n) is 5.30. The number of halogens is 9. The van der Waals surface area contributed by atoms with E-state index >= 15 is 0 Å². The topological polar surface area (TPSA) is 49.4 Å². The summed E-state index contributed by atoms with van der Waals surface area (Å²) in [5.74, 6) is -5.11. The largest absolute Gasteiger partial charge is 0.399 e. The number of rotatable bonds is 6. The zero-order chi connectivity index (χ0) is 26.8. The van der Waals surface area contributed by atoms with Gasteiger partial charge in [0.05, 0.1) is 22.5 Å². The summed E-state index contributed by atoms with van der Waals surface area (Å²) in [6, 6.07) is 6.22. The quantitative estimate of drug-likeness (QED) is 0.328. The molecule has 0 radical (unpaired) electrons. The molecule has 0 fully saturated rings. The summed E-state index contributed by atoms with van der Waals surface area (Å²) in [7, 11) is 0. The number of amides is 2. The van der Waals surface area contributed by atoms with Crippen LogP contribution in [0.4, 0.5) is 36.4 Å². The molecule has 0 aliphatic carbocycles. The molecule has 2 amide bonds. The summed E-state index contributed by atoms with van der Waals surface area (Å²) in [5.41, 5.74) is 1.10. The van der Waals surface area contributed by atoms with Gasteiger partial charge in [-0.25, -0.2) is 4.39 Å². The smallest absolute Gasteiger partial charge is 0.347 e. The highest BCUT2D eigenvalue weighted by molar-refractivity contribution is 6.35. The van der Waals surface area contributed by atoms with Crippen molar-refractivity contribution in [1.29, 1.82) is 0 Å². The predicted octanol–water partition coefficient (Wildman–Crippen LogP) is 6.45. The number of allylic oxidation sites excluding steroid dienone is 1. The average molecular weight is 557 g/mol. The van der Waals surface area contributed by atoms with E-state index in [4.69, 9.17) is 23.2 Å². The molecular formula is C23H17Cl2F7N2O2. The second-order valence-electron chi connectivity index (χ2n) is 7.93. The normalized spacial score (nSPS) is 14.8. The first kappa shape index (κ1) is 27.8. The molecule has 2 aromatic rings. The zero-order valence-corrected chi connectivity index (χ0v) is 19.6. The molecule has 1 unspecified atom stereocenters. The van der Waals surface area contributed by atoms with E-state index in [2.05, 4.69) is 0 Å². The lowest BCUT2D eigenvalue weighted by Gasteiger charge is -2.19. The fraction of sp³-hybridized carbons (Fsp3) is 0.304. The number of benzene rings is 2. The molecule has 2 aromatic carbocycles. The number of anilines is 1. The van der Waals surface area contributed by atoms with E-state index in [1.165, 1.54) is 23.1 Å². The Labute approximate surface area is 210 Å². The Hall–Kier alpha value is -2.79. The van der Waals surface area contributed by atoms with Gasteiger partial charge in [0.25, 0.3) is 0 Å². The maximum atomic E-state index is 13.7. The molecule has 194 valence electrons. The zero-order valence-electron chi connectivity index (χ0n) is 18.1. The van der Waals surface area contributed by atoms with Gasteiger partial charge in [-0.3, -0.25) is 9.59 Å². The fourth-order valence-electron chi connectivity index (χ4n) is 3.67. The third-order valence-corrected chi connectivity index (χ3v) is 5.85. The minimum absolute atomic E-state index is 0.189. The van der Waals surface area contributed by atoms with E-state index in [-0.39, 0.29) is 12.1 Å². The van der Waals surface area contributed by atoms with Gasteiger partial charge in [0.2, 0.25) is 11.8 Å². The summed E-state index contributed by atoms with van der Waals surface area (Å²) in [6.45, 7) is -0.444. The Bertz CT molecular complexity index is 1170. The first-order valence-electron chi connectivity index (χ1n) is 10.3. The molecule has 0 saturated carbocycles. The van der Waals surface area contributed by atoms with Crippen LogP contribution in [0.15, 0.2) is 36.4 Å². The SMILES string of the molecule is O=C(CC(F)(F)F)NCC(=O)N1CCc2cc(/C=C/C(c3cc(Cl)c(F)c(Cl)c3)C(F)(F)F)ccc21. The van der Waals surface area contributed by atoms with Crippen LogP contribution in [-0.2, 0) is 16.0 Å². The van der Waals surface area contributed by atoms with Crippen LogP contribution in [0, 0.1) is 5.82 Å². The van der Waals surface area contributed by atoms with Crippen molar-refractivity contribution in [3.8, 4) is 0 Å². The fourth-order valence-corrected chi connectivity index (χ4v) is 4.17. The Morgan fingerprint density at radius 2 is 1.69 bits per heavy atom. The summed E-state index contributed by atoms with van der Waals surface area (Å²) < 4.78 is 91.4. The van der Waals surface area contributed by atoms with E-state index < -0.39 is 58.9 Å². The summed E-state index contributed by atoms with van der Waals surface area (Å²) in [4.78, 5) is 24.9. The molecule has 13 heteroatoms. The summed E-state index contributed by atoms with van der Waals surface area (Å²) >= 11 is 11.3. The van der Waals surface area contributed by atoms with Crippen molar-refractivity contribution in [2.75, 3.05) is 18.0 Å². The number of alkyl halides is 6. The van der Waals surface area contributed by atoms with Crippen LogP contribution in [0.1, 0.15) is 29.0 Å². The van der Waals surface area contributed by atoms with E-state index in [1.807, 2.05) is 5.32 Å². The van der Waals surface area contributed by atoms with Gasteiger partial charge >= 0.3 is 12.4 Å². The molecule has 3 rings (SSSR count). The molecule has 0 spiro atoms. The first-order valence-corrected chi connectivity index (χ1v) is 11.1. The first-order chi connectivity index (χ1) is 16.7. The van der Waals surface area contributed by atoms with Gasteiger partial charge in [-0.05, 0) is 47.4 Å². The second-order valence-corrected chi connectivity index (χ2v) is 8.74. The van der Waals surface area contributed by atoms with Crippen LogP contribution in [-0.4, -0.2) is 37.3 Å². The molecule has 0 saturated heterocycles. The highest BCUT2D eigenvalue weighted by Crippen LogP contribution is 2.39. The van der Waals surface area contributed by atoms with Crippen LogP contribution < -0.4 is 10.2 Å². The van der Waals surface area contributed by atoms with Crippen LogP contribution >= 0.6 is 23.2 Å². The number of carbonyl (C=O) groups is 2. The van der Waals surface area contributed by atoms with E-state index in [0.29, 0.717) is 23.2 Å². The van der Waals surface area contributed by atoms with Gasteiger partial charge in [0, 0.05) is 12.2 Å². The number of fused-ring (bicyclic) bond motifs is 1.